The summed E-state index contributed by atoms with van der Waals surface area (Å²) in [5, 5.41) is 12.2. The fourth-order valence-electron chi connectivity index (χ4n) is 2.51. The number of hydrogen-bond acceptors (Lipinski definition) is 4. The Morgan fingerprint density at radius 2 is 2.21 bits per heavy atom. The summed E-state index contributed by atoms with van der Waals surface area (Å²) < 4.78 is 0. The molecule has 1 aromatic rings. The summed E-state index contributed by atoms with van der Waals surface area (Å²) in [5.41, 5.74) is 5.36. The maximum absolute atomic E-state index is 11.1. The van der Waals surface area contributed by atoms with Crippen LogP contribution in [0.2, 0.25) is 0 Å². The number of primary amides is 1. The molecule has 0 aromatic carbocycles. The van der Waals surface area contributed by atoms with Gasteiger partial charge < -0.3 is 16.2 Å². The van der Waals surface area contributed by atoms with E-state index in [1.807, 2.05) is 0 Å². The lowest BCUT2D eigenvalue weighted by molar-refractivity contribution is -0.142. The minimum Gasteiger partial charge on any atom is -0.481 e. The molecular weight excluding hydrogens is 246 g/mol. The van der Waals surface area contributed by atoms with E-state index >= 15 is 0 Å². The Morgan fingerprint density at radius 1 is 1.42 bits per heavy atom. The highest BCUT2D eigenvalue weighted by Gasteiger charge is 2.32. The van der Waals surface area contributed by atoms with Gasteiger partial charge in [0.05, 0.1) is 5.92 Å². The third kappa shape index (κ3) is 3.21. The second-order valence-electron chi connectivity index (χ2n) is 4.79. The van der Waals surface area contributed by atoms with Crippen LogP contribution < -0.4 is 11.1 Å². The number of nitrogens with two attached hydrogens (primary N) is 1. The lowest BCUT2D eigenvalue weighted by Gasteiger charge is -2.16. The molecule has 0 radical (unpaired) electrons. The average molecular weight is 263 g/mol. The number of nitrogens with zero attached hydrogens (tertiary/aromatic N) is 1. The summed E-state index contributed by atoms with van der Waals surface area (Å²) >= 11 is 0. The second-order valence-corrected chi connectivity index (χ2v) is 4.79. The van der Waals surface area contributed by atoms with Crippen LogP contribution in [0, 0.1) is 11.8 Å². The Labute approximate surface area is 111 Å². The molecule has 2 atom stereocenters. The van der Waals surface area contributed by atoms with Crippen LogP contribution in [0.5, 0.6) is 0 Å². The molecule has 1 aliphatic rings. The summed E-state index contributed by atoms with van der Waals surface area (Å²) in [6, 6.07) is 4.97. The molecule has 102 valence electrons. The van der Waals surface area contributed by atoms with Gasteiger partial charge in [0.1, 0.15) is 11.5 Å². The first-order valence-corrected chi connectivity index (χ1v) is 6.31. The van der Waals surface area contributed by atoms with Crippen molar-refractivity contribution in [1.82, 2.24) is 4.98 Å². The summed E-state index contributed by atoms with van der Waals surface area (Å²) in [4.78, 5) is 26.1. The molecule has 6 nitrogen and oxygen atoms in total. The Balaban J connectivity index is 1.97. The lowest BCUT2D eigenvalue weighted by Crippen LogP contribution is -2.25. The van der Waals surface area contributed by atoms with Gasteiger partial charge in [0.25, 0.3) is 5.91 Å². The average Bonchev–Trinajstić information content (AvgIpc) is 2.85. The van der Waals surface area contributed by atoms with Gasteiger partial charge >= 0.3 is 5.97 Å². The Kier molecular flexibility index (Phi) is 3.99. The van der Waals surface area contributed by atoms with Crippen molar-refractivity contribution >= 4 is 17.7 Å². The number of carbonyl (C=O) groups excluding carboxylic acids is 1. The number of amides is 1. The number of carboxylic acid groups (broad SMARTS) is 1. The van der Waals surface area contributed by atoms with Gasteiger partial charge in [0.15, 0.2) is 0 Å². The van der Waals surface area contributed by atoms with Crippen LogP contribution >= 0.6 is 0 Å². The van der Waals surface area contributed by atoms with Crippen LogP contribution in [0.25, 0.3) is 0 Å². The van der Waals surface area contributed by atoms with Crippen molar-refractivity contribution in [3.8, 4) is 0 Å². The molecule has 1 fully saturated rings. The molecule has 1 aromatic heterocycles. The SMILES string of the molecule is NC(=O)c1cccc(NCC2CCCC2C(=O)O)n1. The largest absolute Gasteiger partial charge is 0.481 e. The van der Waals surface area contributed by atoms with Crippen LogP contribution in [0.15, 0.2) is 18.2 Å². The van der Waals surface area contributed by atoms with Crippen molar-refractivity contribution in [2.24, 2.45) is 17.6 Å². The molecule has 2 unspecified atom stereocenters. The number of pyridine rings is 1. The number of nitrogens with one attached hydrogen (secondary N) is 1. The van der Waals surface area contributed by atoms with E-state index in [9.17, 15) is 9.59 Å². The maximum Gasteiger partial charge on any atom is 0.306 e. The maximum atomic E-state index is 11.1. The van der Waals surface area contributed by atoms with E-state index in [0.717, 1.165) is 19.3 Å². The van der Waals surface area contributed by atoms with Crippen LogP contribution in [-0.2, 0) is 4.79 Å². The van der Waals surface area contributed by atoms with Crippen LogP contribution in [0.4, 0.5) is 5.82 Å². The summed E-state index contributed by atoms with van der Waals surface area (Å²) in [6.07, 6.45) is 2.58. The molecule has 1 aliphatic carbocycles. The first-order chi connectivity index (χ1) is 9.08. The summed E-state index contributed by atoms with van der Waals surface area (Å²) in [6.45, 7) is 0.548. The topological polar surface area (TPSA) is 105 Å². The number of aliphatic carboxylic acids is 1. The number of hydrogen-bond donors (Lipinski definition) is 3. The fourth-order valence-corrected chi connectivity index (χ4v) is 2.51. The van der Waals surface area contributed by atoms with E-state index in [0.29, 0.717) is 12.4 Å². The van der Waals surface area contributed by atoms with E-state index in [4.69, 9.17) is 10.8 Å². The van der Waals surface area contributed by atoms with Crippen LogP contribution in [0.3, 0.4) is 0 Å². The molecule has 0 spiro atoms. The number of rotatable bonds is 5. The van der Waals surface area contributed by atoms with Gasteiger partial charge in [-0.15, -0.1) is 0 Å². The lowest BCUT2D eigenvalue weighted by atomic mass is 9.96. The zero-order chi connectivity index (χ0) is 13.8. The van der Waals surface area contributed by atoms with E-state index in [1.54, 1.807) is 18.2 Å². The zero-order valence-electron chi connectivity index (χ0n) is 10.5. The van der Waals surface area contributed by atoms with E-state index in [-0.39, 0.29) is 17.5 Å². The zero-order valence-corrected chi connectivity index (χ0v) is 10.5. The normalized spacial score (nSPS) is 22.1. The third-order valence-corrected chi connectivity index (χ3v) is 3.52. The Morgan fingerprint density at radius 3 is 2.89 bits per heavy atom. The highest BCUT2D eigenvalue weighted by atomic mass is 16.4. The minimum absolute atomic E-state index is 0.108. The molecule has 1 amide bonds. The van der Waals surface area contributed by atoms with Crippen molar-refractivity contribution in [2.45, 2.75) is 19.3 Å². The molecule has 19 heavy (non-hydrogen) atoms. The number of carbonyl (C=O) groups is 2. The first-order valence-electron chi connectivity index (χ1n) is 6.31. The second kappa shape index (κ2) is 5.69. The van der Waals surface area contributed by atoms with Gasteiger partial charge in [-0.2, -0.15) is 0 Å². The first kappa shape index (κ1) is 13.3. The van der Waals surface area contributed by atoms with Gasteiger partial charge in [-0.05, 0) is 30.9 Å². The fraction of sp³-hybridized carbons (Fsp3) is 0.462. The van der Waals surface area contributed by atoms with Gasteiger partial charge in [-0.3, -0.25) is 9.59 Å². The van der Waals surface area contributed by atoms with Gasteiger partial charge in [0.2, 0.25) is 0 Å². The van der Waals surface area contributed by atoms with Gasteiger partial charge in [-0.1, -0.05) is 12.5 Å². The third-order valence-electron chi connectivity index (χ3n) is 3.52. The standard InChI is InChI=1S/C13H17N3O3/c14-12(17)10-5-2-6-11(16-10)15-7-8-3-1-4-9(8)13(18)19/h2,5-6,8-9H,1,3-4,7H2,(H2,14,17)(H,15,16)(H,18,19). The highest BCUT2D eigenvalue weighted by Crippen LogP contribution is 2.31. The monoisotopic (exact) mass is 263 g/mol. The minimum atomic E-state index is -0.733. The molecule has 2 rings (SSSR count). The summed E-state index contributed by atoms with van der Waals surface area (Å²) in [5.74, 6) is -0.938. The predicted molar refractivity (Wildman–Crippen MR) is 69.7 cm³/mol. The predicted octanol–water partition coefficient (Wildman–Crippen LogP) is 1.09. The van der Waals surface area contributed by atoms with Crippen molar-refractivity contribution < 1.29 is 14.7 Å². The van der Waals surface area contributed by atoms with Crippen molar-refractivity contribution in [2.75, 3.05) is 11.9 Å². The molecule has 4 N–H and O–H groups in total. The smallest absolute Gasteiger partial charge is 0.306 e. The van der Waals surface area contributed by atoms with E-state index in [2.05, 4.69) is 10.3 Å². The van der Waals surface area contributed by atoms with Crippen molar-refractivity contribution in [3.05, 3.63) is 23.9 Å². The van der Waals surface area contributed by atoms with Crippen LogP contribution in [-0.4, -0.2) is 28.5 Å². The summed E-state index contributed by atoms with van der Waals surface area (Å²) in [7, 11) is 0. The molecule has 0 saturated heterocycles. The molecule has 0 bridgehead atoms. The number of anilines is 1. The molecule has 1 heterocycles. The van der Waals surface area contributed by atoms with Crippen LogP contribution in [0.1, 0.15) is 29.8 Å². The quantitative estimate of drug-likeness (QED) is 0.737. The Hall–Kier alpha value is -2.11. The highest BCUT2D eigenvalue weighted by molar-refractivity contribution is 5.91. The molecular formula is C13H17N3O3. The van der Waals surface area contributed by atoms with E-state index in [1.165, 1.54) is 0 Å². The van der Waals surface area contributed by atoms with Gasteiger partial charge in [0, 0.05) is 6.54 Å². The van der Waals surface area contributed by atoms with E-state index < -0.39 is 11.9 Å². The Bertz CT molecular complexity index is 490. The molecule has 0 aliphatic heterocycles. The van der Waals surface area contributed by atoms with Crippen molar-refractivity contribution in [3.63, 3.8) is 0 Å². The molecule has 6 heteroatoms. The molecule has 1 saturated carbocycles. The van der Waals surface area contributed by atoms with Crippen molar-refractivity contribution in [1.29, 1.82) is 0 Å². The number of carboxylic acids is 1. The van der Waals surface area contributed by atoms with Gasteiger partial charge in [-0.25, -0.2) is 4.98 Å². The number of aromatic nitrogens is 1.